The van der Waals surface area contributed by atoms with Crippen molar-refractivity contribution in [1.29, 1.82) is 0 Å². The van der Waals surface area contributed by atoms with Crippen LogP contribution in [0.25, 0.3) is 0 Å². The summed E-state index contributed by atoms with van der Waals surface area (Å²) < 4.78 is 5.44. The third-order valence-corrected chi connectivity index (χ3v) is 4.43. The first-order chi connectivity index (χ1) is 8.90. The van der Waals surface area contributed by atoms with Crippen LogP contribution in [0.4, 0.5) is 4.79 Å². The fourth-order valence-electron chi connectivity index (χ4n) is 3.39. The molecule has 1 heterocycles. The number of rotatable bonds is 3. The van der Waals surface area contributed by atoms with Gasteiger partial charge in [0.1, 0.15) is 5.60 Å². The van der Waals surface area contributed by atoms with Gasteiger partial charge in [-0.2, -0.15) is 0 Å². The second-order valence-electron chi connectivity index (χ2n) is 7.25. The quantitative estimate of drug-likeness (QED) is 0.771. The van der Waals surface area contributed by atoms with Crippen molar-refractivity contribution in [2.45, 2.75) is 65.4 Å². The Morgan fingerprint density at radius 2 is 1.89 bits per heavy atom. The molecular formula is C16H29NO2. The fraction of sp³-hybridized carbons (Fsp3) is 0.938. The Bertz CT molecular complexity index is 313. The first-order valence-electron chi connectivity index (χ1n) is 7.88. The summed E-state index contributed by atoms with van der Waals surface area (Å²) in [6.45, 7) is 9.83. The molecule has 0 N–H and O–H groups in total. The summed E-state index contributed by atoms with van der Waals surface area (Å²) in [5.41, 5.74) is -0.378. The van der Waals surface area contributed by atoms with Crippen LogP contribution in [0, 0.1) is 17.8 Å². The van der Waals surface area contributed by atoms with Gasteiger partial charge in [-0.15, -0.1) is 0 Å². The van der Waals surface area contributed by atoms with Gasteiger partial charge in [0, 0.05) is 13.1 Å². The number of nitrogens with zero attached hydrogens (tertiary/aromatic N) is 1. The normalized spacial score (nSPS) is 28.3. The van der Waals surface area contributed by atoms with E-state index in [1.54, 1.807) is 0 Å². The van der Waals surface area contributed by atoms with Crippen LogP contribution in [-0.4, -0.2) is 29.7 Å². The van der Waals surface area contributed by atoms with Crippen LogP contribution in [0.5, 0.6) is 0 Å². The molecule has 2 fully saturated rings. The molecule has 1 saturated carbocycles. The van der Waals surface area contributed by atoms with Crippen LogP contribution in [0.3, 0.4) is 0 Å². The number of carbonyl (C=O) groups excluding carboxylic acids is 1. The lowest BCUT2D eigenvalue weighted by Gasteiger charge is -2.33. The second-order valence-corrected chi connectivity index (χ2v) is 7.25. The van der Waals surface area contributed by atoms with Crippen molar-refractivity contribution >= 4 is 6.09 Å². The monoisotopic (exact) mass is 267 g/mol. The highest BCUT2D eigenvalue weighted by Gasteiger charge is 2.43. The van der Waals surface area contributed by atoms with E-state index in [-0.39, 0.29) is 11.7 Å². The van der Waals surface area contributed by atoms with E-state index in [9.17, 15) is 4.79 Å². The van der Waals surface area contributed by atoms with Gasteiger partial charge in [0.25, 0.3) is 0 Å². The van der Waals surface area contributed by atoms with Crippen LogP contribution in [-0.2, 0) is 4.74 Å². The zero-order valence-corrected chi connectivity index (χ0v) is 12.9. The molecule has 110 valence electrons. The summed E-state index contributed by atoms with van der Waals surface area (Å²) in [6, 6.07) is 0. The molecule has 0 bridgehead atoms. The average molecular weight is 267 g/mol. The maximum atomic E-state index is 12.0. The maximum absolute atomic E-state index is 12.0. The highest BCUT2D eigenvalue weighted by Crippen LogP contribution is 2.50. The molecule has 19 heavy (non-hydrogen) atoms. The minimum atomic E-state index is -0.378. The lowest BCUT2D eigenvalue weighted by molar-refractivity contribution is 0.0174. The summed E-state index contributed by atoms with van der Waals surface area (Å²) >= 11 is 0. The van der Waals surface area contributed by atoms with Gasteiger partial charge < -0.3 is 9.64 Å². The van der Waals surface area contributed by atoms with Crippen LogP contribution in [0.1, 0.15) is 59.8 Å². The fourth-order valence-corrected chi connectivity index (χ4v) is 3.39. The molecule has 1 aliphatic carbocycles. The summed E-state index contributed by atoms with van der Waals surface area (Å²) in [5.74, 6) is 2.80. The van der Waals surface area contributed by atoms with Gasteiger partial charge in [0.15, 0.2) is 0 Å². The van der Waals surface area contributed by atoms with E-state index < -0.39 is 0 Å². The van der Waals surface area contributed by atoms with E-state index in [1.165, 1.54) is 32.1 Å². The van der Waals surface area contributed by atoms with E-state index in [4.69, 9.17) is 4.74 Å². The second kappa shape index (κ2) is 5.72. The van der Waals surface area contributed by atoms with Crippen molar-refractivity contribution in [2.75, 3.05) is 13.1 Å². The predicted molar refractivity (Wildman–Crippen MR) is 77.0 cm³/mol. The van der Waals surface area contributed by atoms with Crippen molar-refractivity contribution in [1.82, 2.24) is 4.90 Å². The zero-order chi connectivity index (χ0) is 14.0. The van der Waals surface area contributed by atoms with E-state index in [1.807, 2.05) is 25.7 Å². The van der Waals surface area contributed by atoms with Crippen molar-refractivity contribution in [3.05, 3.63) is 0 Å². The number of piperidine rings is 1. The van der Waals surface area contributed by atoms with Gasteiger partial charge in [-0.05, 0) is 57.8 Å². The Morgan fingerprint density at radius 1 is 1.26 bits per heavy atom. The number of carbonyl (C=O) groups is 1. The number of hydrogen-bond acceptors (Lipinski definition) is 2. The lowest BCUT2D eigenvalue weighted by atomic mass is 9.90. The summed E-state index contributed by atoms with van der Waals surface area (Å²) in [6.07, 6.45) is 6.36. The molecule has 2 rings (SSSR count). The Balaban J connectivity index is 1.72. The molecule has 0 spiro atoms. The van der Waals surface area contributed by atoms with Gasteiger partial charge in [-0.1, -0.05) is 19.8 Å². The molecule has 3 nitrogen and oxygen atoms in total. The van der Waals surface area contributed by atoms with E-state index >= 15 is 0 Å². The standard InChI is InChI=1S/C16H29NO2/c1-5-6-13-11-14(13)12-7-9-17(10-8-12)15(18)19-16(2,3)4/h12-14H,5-11H2,1-4H3. The number of ether oxygens (including phenoxy) is 1. The molecule has 1 saturated heterocycles. The van der Waals surface area contributed by atoms with Crippen LogP contribution >= 0.6 is 0 Å². The third-order valence-electron chi connectivity index (χ3n) is 4.43. The third kappa shape index (κ3) is 4.12. The SMILES string of the molecule is CCCC1CC1C1CCN(C(=O)OC(C)(C)C)CC1. The molecule has 0 aromatic heterocycles. The van der Waals surface area contributed by atoms with Crippen LogP contribution in [0.2, 0.25) is 0 Å². The number of likely N-dealkylation sites (tertiary alicyclic amines) is 1. The molecule has 2 unspecified atom stereocenters. The summed E-state index contributed by atoms with van der Waals surface area (Å²) in [7, 11) is 0. The Hall–Kier alpha value is -0.730. The molecule has 3 heteroatoms. The van der Waals surface area contributed by atoms with Crippen LogP contribution < -0.4 is 0 Å². The highest BCUT2D eigenvalue weighted by atomic mass is 16.6. The molecule has 0 aromatic carbocycles. The van der Waals surface area contributed by atoms with Gasteiger partial charge >= 0.3 is 6.09 Å². The minimum Gasteiger partial charge on any atom is -0.444 e. The molecule has 0 radical (unpaired) electrons. The largest absolute Gasteiger partial charge is 0.444 e. The van der Waals surface area contributed by atoms with Gasteiger partial charge in [0.2, 0.25) is 0 Å². The van der Waals surface area contributed by atoms with Crippen molar-refractivity contribution in [3.8, 4) is 0 Å². The first-order valence-corrected chi connectivity index (χ1v) is 7.88. The smallest absolute Gasteiger partial charge is 0.410 e. The van der Waals surface area contributed by atoms with Gasteiger partial charge in [0.05, 0.1) is 0 Å². The topological polar surface area (TPSA) is 29.5 Å². The molecule has 2 aliphatic rings. The maximum Gasteiger partial charge on any atom is 0.410 e. The molecule has 1 amide bonds. The van der Waals surface area contributed by atoms with E-state index in [2.05, 4.69) is 6.92 Å². The number of amides is 1. The van der Waals surface area contributed by atoms with Crippen molar-refractivity contribution in [2.24, 2.45) is 17.8 Å². The average Bonchev–Trinajstić information content (AvgIpc) is 3.07. The Kier molecular flexibility index (Phi) is 4.42. The lowest BCUT2D eigenvalue weighted by Crippen LogP contribution is -2.42. The Labute approximate surface area is 117 Å². The van der Waals surface area contributed by atoms with Crippen molar-refractivity contribution in [3.63, 3.8) is 0 Å². The highest BCUT2D eigenvalue weighted by molar-refractivity contribution is 5.68. The number of hydrogen-bond donors (Lipinski definition) is 0. The zero-order valence-electron chi connectivity index (χ0n) is 12.9. The summed E-state index contributed by atoms with van der Waals surface area (Å²) in [4.78, 5) is 13.9. The first kappa shape index (κ1) is 14.7. The minimum absolute atomic E-state index is 0.133. The molecule has 1 aliphatic heterocycles. The molecule has 0 aromatic rings. The van der Waals surface area contributed by atoms with E-state index in [0.717, 1.165) is 30.8 Å². The Morgan fingerprint density at radius 3 is 2.42 bits per heavy atom. The van der Waals surface area contributed by atoms with Crippen LogP contribution in [0.15, 0.2) is 0 Å². The van der Waals surface area contributed by atoms with Crippen molar-refractivity contribution < 1.29 is 9.53 Å². The van der Waals surface area contributed by atoms with Gasteiger partial charge in [-0.3, -0.25) is 0 Å². The van der Waals surface area contributed by atoms with E-state index in [0.29, 0.717) is 0 Å². The predicted octanol–water partition coefficient (Wildman–Crippen LogP) is 4.07. The molecular weight excluding hydrogens is 238 g/mol. The van der Waals surface area contributed by atoms with Gasteiger partial charge in [-0.25, -0.2) is 4.79 Å². The summed E-state index contributed by atoms with van der Waals surface area (Å²) in [5, 5.41) is 0. The molecule has 2 atom stereocenters.